The number of para-hydroxylation sites is 3. The number of aliphatic hydroxyl groups excluding tert-OH is 1. The number of hydrogen-bond acceptors (Lipinski definition) is 6. The van der Waals surface area contributed by atoms with Crippen LogP contribution in [0, 0.1) is 6.92 Å². The van der Waals surface area contributed by atoms with Crippen molar-refractivity contribution in [3.63, 3.8) is 0 Å². The van der Waals surface area contributed by atoms with E-state index >= 15 is 0 Å². The summed E-state index contributed by atoms with van der Waals surface area (Å²) in [5.74, 6) is 1.95. The highest BCUT2D eigenvalue weighted by Crippen LogP contribution is 2.37. The molecule has 0 aliphatic heterocycles. The van der Waals surface area contributed by atoms with Crippen LogP contribution in [0.5, 0.6) is 17.4 Å². The second-order valence-electron chi connectivity index (χ2n) is 9.07. The smallest absolute Gasteiger partial charge is 0.227 e. The molecular formula is C27H35N3O4. The minimum Gasteiger partial charge on any atom is -0.493 e. The summed E-state index contributed by atoms with van der Waals surface area (Å²) in [6.07, 6.45) is 1.81. The lowest BCUT2D eigenvalue weighted by Gasteiger charge is -2.25. The normalized spacial score (nSPS) is 14.6. The lowest BCUT2D eigenvalue weighted by atomic mass is 10.2. The van der Waals surface area contributed by atoms with Crippen LogP contribution in [-0.2, 0) is 11.3 Å². The number of aromatic nitrogens is 2. The van der Waals surface area contributed by atoms with Gasteiger partial charge in [0.2, 0.25) is 5.88 Å². The topological polar surface area (TPSA) is 69.0 Å². The van der Waals surface area contributed by atoms with Crippen molar-refractivity contribution in [2.45, 2.75) is 58.4 Å². The van der Waals surface area contributed by atoms with E-state index in [0.29, 0.717) is 43.1 Å². The van der Waals surface area contributed by atoms with Gasteiger partial charge in [-0.1, -0.05) is 30.3 Å². The molecule has 1 aromatic heterocycles. The minimum atomic E-state index is -0.550. The highest BCUT2D eigenvalue weighted by molar-refractivity contribution is 5.47. The molecule has 4 rings (SSSR count). The first-order chi connectivity index (χ1) is 16.5. The van der Waals surface area contributed by atoms with E-state index < -0.39 is 6.10 Å². The van der Waals surface area contributed by atoms with Crippen LogP contribution in [0.1, 0.15) is 37.9 Å². The van der Waals surface area contributed by atoms with Crippen LogP contribution in [0.25, 0.3) is 5.69 Å². The molecular weight excluding hydrogens is 430 g/mol. The molecule has 7 nitrogen and oxygen atoms in total. The molecule has 3 aromatic rings. The SMILES string of the molecule is COc1ccccc1Oc1c(CN(C[C@@H](O)COC(C)C)C2CC2)c(C)nn1-c1ccccc1. The summed E-state index contributed by atoms with van der Waals surface area (Å²) in [5, 5.41) is 15.5. The van der Waals surface area contributed by atoms with Gasteiger partial charge < -0.3 is 19.3 Å². The molecule has 2 aromatic carbocycles. The quantitative estimate of drug-likeness (QED) is 0.417. The molecule has 0 spiro atoms. The molecule has 1 aliphatic carbocycles. The average molecular weight is 466 g/mol. The fourth-order valence-corrected chi connectivity index (χ4v) is 3.99. The molecule has 0 saturated heterocycles. The first kappa shape index (κ1) is 24.3. The van der Waals surface area contributed by atoms with Gasteiger partial charge in [-0.3, -0.25) is 4.90 Å². The van der Waals surface area contributed by atoms with E-state index in [1.54, 1.807) is 7.11 Å². The highest BCUT2D eigenvalue weighted by Gasteiger charge is 2.33. The second kappa shape index (κ2) is 11.0. The van der Waals surface area contributed by atoms with E-state index in [4.69, 9.17) is 19.3 Å². The molecule has 1 N–H and O–H groups in total. The van der Waals surface area contributed by atoms with Gasteiger partial charge in [-0.25, -0.2) is 4.68 Å². The number of aryl methyl sites for hydroxylation is 1. The third-order valence-electron chi connectivity index (χ3n) is 5.91. The molecule has 34 heavy (non-hydrogen) atoms. The van der Waals surface area contributed by atoms with Gasteiger partial charge in [0.1, 0.15) is 0 Å². The maximum Gasteiger partial charge on any atom is 0.227 e. The van der Waals surface area contributed by atoms with Gasteiger partial charge in [-0.05, 0) is 57.9 Å². The Morgan fingerprint density at radius 2 is 1.74 bits per heavy atom. The van der Waals surface area contributed by atoms with Crippen LogP contribution in [0.15, 0.2) is 54.6 Å². The monoisotopic (exact) mass is 465 g/mol. The predicted octanol–water partition coefficient (Wildman–Crippen LogP) is 4.73. The Hall–Kier alpha value is -2.87. The molecule has 1 atom stereocenters. The third-order valence-corrected chi connectivity index (χ3v) is 5.91. The summed E-state index contributed by atoms with van der Waals surface area (Å²) in [5.41, 5.74) is 2.82. The van der Waals surface area contributed by atoms with E-state index in [0.717, 1.165) is 29.8 Å². The van der Waals surface area contributed by atoms with E-state index in [1.165, 1.54) is 0 Å². The van der Waals surface area contributed by atoms with Crippen molar-refractivity contribution in [3.05, 3.63) is 65.9 Å². The second-order valence-corrected chi connectivity index (χ2v) is 9.07. The van der Waals surface area contributed by atoms with Crippen molar-refractivity contribution in [2.24, 2.45) is 0 Å². The van der Waals surface area contributed by atoms with E-state index in [-0.39, 0.29) is 6.10 Å². The predicted molar refractivity (Wildman–Crippen MR) is 132 cm³/mol. The van der Waals surface area contributed by atoms with Gasteiger partial charge in [-0.2, -0.15) is 5.10 Å². The molecule has 7 heteroatoms. The Bertz CT molecular complexity index is 1060. The van der Waals surface area contributed by atoms with Gasteiger partial charge in [0.05, 0.1) is 42.9 Å². The molecule has 182 valence electrons. The van der Waals surface area contributed by atoms with Gasteiger partial charge in [0, 0.05) is 19.1 Å². The fraction of sp³-hybridized carbons (Fsp3) is 0.444. The van der Waals surface area contributed by atoms with Crippen LogP contribution in [0.3, 0.4) is 0 Å². The van der Waals surface area contributed by atoms with E-state index in [1.807, 2.05) is 80.1 Å². The fourth-order valence-electron chi connectivity index (χ4n) is 3.99. The Balaban J connectivity index is 1.66. The van der Waals surface area contributed by atoms with Crippen molar-refractivity contribution >= 4 is 0 Å². The van der Waals surface area contributed by atoms with Crippen molar-refractivity contribution < 1.29 is 19.3 Å². The number of rotatable bonds is 12. The Morgan fingerprint density at radius 3 is 2.38 bits per heavy atom. The van der Waals surface area contributed by atoms with Crippen LogP contribution < -0.4 is 9.47 Å². The Labute approximate surface area is 201 Å². The molecule has 1 heterocycles. The number of nitrogens with zero attached hydrogens (tertiary/aromatic N) is 3. The van der Waals surface area contributed by atoms with E-state index in [9.17, 15) is 5.11 Å². The van der Waals surface area contributed by atoms with Gasteiger partial charge >= 0.3 is 0 Å². The summed E-state index contributed by atoms with van der Waals surface area (Å²) in [6, 6.07) is 18.0. The third kappa shape index (κ3) is 5.97. The zero-order chi connectivity index (χ0) is 24.1. The molecule has 0 radical (unpaired) electrons. The standard InChI is InChI=1S/C27H35N3O4/c1-19(2)33-18-23(31)16-29(21-14-15-21)17-24-20(3)28-30(22-10-6-5-7-11-22)27(24)34-26-13-9-8-12-25(26)32-4/h5-13,19,21,23,31H,14-18H2,1-4H3/t23-/m1/s1. The largest absolute Gasteiger partial charge is 0.493 e. The number of methoxy groups -OCH3 is 1. The summed E-state index contributed by atoms with van der Waals surface area (Å²) < 4.78 is 19.5. The first-order valence-corrected chi connectivity index (χ1v) is 11.9. The molecule has 1 fully saturated rings. The van der Waals surface area contributed by atoms with Crippen LogP contribution in [0.2, 0.25) is 0 Å². The number of benzene rings is 2. The molecule has 1 aliphatic rings. The lowest BCUT2D eigenvalue weighted by Crippen LogP contribution is -2.36. The molecule has 0 bridgehead atoms. The Morgan fingerprint density at radius 1 is 1.06 bits per heavy atom. The number of ether oxygens (including phenoxy) is 3. The summed E-state index contributed by atoms with van der Waals surface area (Å²) in [4.78, 5) is 2.32. The lowest BCUT2D eigenvalue weighted by molar-refractivity contribution is -0.0107. The van der Waals surface area contributed by atoms with Crippen molar-refractivity contribution in [2.75, 3.05) is 20.3 Å². The van der Waals surface area contributed by atoms with Crippen molar-refractivity contribution in [1.29, 1.82) is 0 Å². The zero-order valence-electron chi connectivity index (χ0n) is 20.5. The Kier molecular flexibility index (Phi) is 7.88. The minimum absolute atomic E-state index is 0.0937. The first-order valence-electron chi connectivity index (χ1n) is 11.9. The maximum absolute atomic E-state index is 10.6. The molecule has 0 amide bonds. The molecule has 0 unspecified atom stereocenters. The summed E-state index contributed by atoms with van der Waals surface area (Å²) in [6.45, 7) is 7.47. The van der Waals surface area contributed by atoms with Gasteiger partial charge in [0.15, 0.2) is 11.5 Å². The van der Waals surface area contributed by atoms with Crippen molar-refractivity contribution in [1.82, 2.24) is 14.7 Å². The molecule has 1 saturated carbocycles. The van der Waals surface area contributed by atoms with Crippen LogP contribution in [-0.4, -0.2) is 58.3 Å². The van der Waals surface area contributed by atoms with Crippen LogP contribution in [0.4, 0.5) is 0 Å². The van der Waals surface area contributed by atoms with Crippen LogP contribution >= 0.6 is 0 Å². The van der Waals surface area contributed by atoms with Gasteiger partial charge in [0.25, 0.3) is 0 Å². The van der Waals surface area contributed by atoms with Crippen molar-refractivity contribution in [3.8, 4) is 23.1 Å². The average Bonchev–Trinajstić information content (AvgIpc) is 3.64. The number of aliphatic hydroxyl groups is 1. The zero-order valence-corrected chi connectivity index (χ0v) is 20.5. The maximum atomic E-state index is 10.6. The summed E-state index contributed by atoms with van der Waals surface area (Å²) in [7, 11) is 1.64. The van der Waals surface area contributed by atoms with E-state index in [2.05, 4.69) is 4.90 Å². The summed E-state index contributed by atoms with van der Waals surface area (Å²) >= 11 is 0. The van der Waals surface area contributed by atoms with Gasteiger partial charge in [-0.15, -0.1) is 0 Å². The number of hydrogen-bond donors (Lipinski definition) is 1. The highest BCUT2D eigenvalue weighted by atomic mass is 16.5.